The molecule has 1 N–H and O–H groups in total. The van der Waals surface area contributed by atoms with E-state index in [2.05, 4.69) is 107 Å². The molecule has 61 heavy (non-hydrogen) atoms. The van der Waals surface area contributed by atoms with Gasteiger partial charge in [0, 0.05) is 69.5 Å². The Hall–Kier alpha value is -5.83. The first-order valence-corrected chi connectivity index (χ1v) is 20.6. The normalized spacial score (nSPS) is 11.1. The smallest absolute Gasteiger partial charge is 0.337 e. The van der Waals surface area contributed by atoms with Crippen molar-refractivity contribution in [3.8, 4) is 10.7 Å². The van der Waals surface area contributed by atoms with Gasteiger partial charge in [0.05, 0.1) is 49.0 Å². The summed E-state index contributed by atoms with van der Waals surface area (Å²) in [6, 6.07) is 36.4. The van der Waals surface area contributed by atoms with E-state index in [4.69, 9.17) is 42.3 Å². The Morgan fingerprint density at radius 3 is 1.11 bits per heavy atom. The van der Waals surface area contributed by atoms with E-state index in [1.165, 1.54) is 0 Å². The summed E-state index contributed by atoms with van der Waals surface area (Å²) < 4.78 is 67.9. The molecular formula is C41H26Cl2N8O8RuS. The van der Waals surface area contributed by atoms with Gasteiger partial charge in [-0.05, 0) is 60.0 Å². The van der Waals surface area contributed by atoms with Crippen LogP contribution in [0, 0.1) is 20.5 Å². The second-order valence-corrected chi connectivity index (χ2v) is 14.7. The summed E-state index contributed by atoms with van der Waals surface area (Å²) in [6.45, 7) is 0. The van der Waals surface area contributed by atoms with E-state index in [9.17, 15) is 0 Å². The van der Waals surface area contributed by atoms with Gasteiger partial charge in [0.15, 0.2) is 0 Å². The second kappa shape index (κ2) is 19.7. The molecule has 0 radical (unpaired) electrons. The quantitative estimate of drug-likeness (QED) is 0.173. The number of nitrogens with one attached hydrogen (secondary N) is 1. The number of nitrogens with zero attached hydrogens (tertiary/aromatic N) is 7. The monoisotopic (exact) mass is 962 g/mol. The number of H-pyrrole nitrogens is 1. The molecule has 16 nitrogen and oxygen atoms in total. The minimum atomic E-state index is -4.94. The Morgan fingerprint density at radius 2 is 0.738 bits per heavy atom. The predicted octanol–water partition coefficient (Wildman–Crippen LogP) is 0.439. The summed E-state index contributed by atoms with van der Waals surface area (Å²) in [5.74, 6) is 0.895. The first-order chi connectivity index (χ1) is 28.8. The largest absolute Gasteiger partial charge is 2.00 e. The maximum absolute atomic E-state index is 8.49. The van der Waals surface area contributed by atoms with Crippen molar-refractivity contribution in [2.45, 2.75) is 0 Å². The molecule has 3 aromatic carbocycles. The number of aromatic amines is 1. The van der Waals surface area contributed by atoms with Crippen LogP contribution in [-0.4, -0.2) is 39.9 Å². The van der Waals surface area contributed by atoms with Crippen LogP contribution in [-0.2, 0) is 19.5 Å². The third-order valence-corrected chi connectivity index (χ3v) is 9.39. The van der Waals surface area contributed by atoms with Gasteiger partial charge in [0.25, 0.3) is 0 Å². The molecule has 8 aromatic heterocycles. The second-order valence-electron chi connectivity index (χ2n) is 12.3. The van der Waals surface area contributed by atoms with E-state index >= 15 is 0 Å². The average Bonchev–Trinajstić information content (AvgIpc) is 3.95. The Balaban J connectivity index is 0.000000141. The molecule has 11 rings (SSSR count). The van der Waals surface area contributed by atoms with E-state index in [1.54, 1.807) is 48.5 Å². The van der Waals surface area contributed by atoms with Gasteiger partial charge in [0.2, 0.25) is 0 Å². The van der Waals surface area contributed by atoms with Gasteiger partial charge in [-0.2, -0.15) is 0 Å². The van der Waals surface area contributed by atoms with Crippen LogP contribution in [0.15, 0.2) is 152 Å². The van der Waals surface area contributed by atoms with Crippen molar-refractivity contribution in [1.29, 1.82) is 0 Å². The number of hydrogen-bond donors (Lipinski definition) is 1. The van der Waals surface area contributed by atoms with Crippen molar-refractivity contribution >= 4 is 87.8 Å². The minimum absolute atomic E-state index is 0. The van der Waals surface area contributed by atoms with Crippen LogP contribution in [0.1, 0.15) is 0 Å². The van der Waals surface area contributed by atoms with Gasteiger partial charge in [0.1, 0.15) is 5.82 Å². The Morgan fingerprint density at radius 1 is 0.393 bits per heavy atom. The van der Waals surface area contributed by atoms with Gasteiger partial charge >= 0.3 is 19.5 Å². The standard InChI is InChI=1S/C17H10N4S.2C12H8N2.2ClHO4.Ru/c1-4-10-13(18-7-1)14-11(5-2-8-19-14)16-15(10)20-17(21-16)12-6-3-9-22-12;2*1-3-9-5-6-10-4-2-8-14-12(10)11(9)13-7-1;2*2-1(3,4)5;/h1-9H,(H,20,21);2*1-8H;2*(H,2,3,4,5);/q;;;;;+2/p-2. The number of thiophene rings is 1. The third kappa shape index (κ3) is 11.5. The summed E-state index contributed by atoms with van der Waals surface area (Å²) in [5.41, 5.74) is 7.69. The number of rotatable bonds is 1. The fraction of sp³-hybridized carbons (Fsp3) is 0. The number of fused-ring (bicyclic) bond motifs is 12. The van der Waals surface area contributed by atoms with Crippen molar-refractivity contribution in [2.24, 2.45) is 0 Å². The molecule has 0 aliphatic heterocycles. The molecule has 0 bridgehead atoms. The summed E-state index contributed by atoms with van der Waals surface area (Å²) >= 11 is 1.68. The summed E-state index contributed by atoms with van der Waals surface area (Å²) in [4.78, 5) is 35.8. The Kier molecular flexibility index (Phi) is 14.4. The number of aromatic nitrogens is 8. The summed E-state index contributed by atoms with van der Waals surface area (Å²) in [7, 11) is -9.89. The summed E-state index contributed by atoms with van der Waals surface area (Å²) in [6.07, 6.45) is 10.8. The number of imidazole rings is 1. The number of hydrogen-bond acceptors (Lipinski definition) is 16. The molecular weight excluding hydrogens is 937 g/mol. The number of pyridine rings is 6. The first kappa shape index (κ1) is 44.7. The van der Waals surface area contributed by atoms with E-state index < -0.39 is 20.5 Å². The van der Waals surface area contributed by atoms with Crippen LogP contribution in [0.5, 0.6) is 0 Å². The SMILES string of the molecule is [O-][Cl+3]([O-])([O-])[O-].[O-][Cl+3]([O-])([O-])[O-].[Ru+2].c1cnc2c(c1)ccc1cccnc12.c1cnc2c(c1)ccc1cccnc12.c1csc(-c2nc3c4cccnc4c4ncccc4c3[nH]2)c1. The maximum Gasteiger partial charge on any atom is 2.00 e. The molecule has 8 heterocycles. The van der Waals surface area contributed by atoms with Crippen molar-refractivity contribution in [2.75, 3.05) is 0 Å². The Labute approximate surface area is 365 Å². The maximum atomic E-state index is 8.49. The molecule has 0 saturated heterocycles. The third-order valence-electron chi connectivity index (χ3n) is 8.51. The molecule has 0 aliphatic carbocycles. The van der Waals surface area contributed by atoms with E-state index in [-0.39, 0.29) is 19.5 Å². The zero-order valence-corrected chi connectivity index (χ0v) is 34.9. The molecule has 20 heteroatoms. The predicted molar refractivity (Wildman–Crippen MR) is 204 cm³/mol. The number of benzene rings is 3. The summed E-state index contributed by atoms with van der Waals surface area (Å²) in [5, 5.41) is 8.69. The minimum Gasteiger partial charge on any atom is -0.337 e. The van der Waals surface area contributed by atoms with E-state index in [1.807, 2.05) is 42.5 Å². The molecule has 306 valence electrons. The molecule has 0 atom stereocenters. The van der Waals surface area contributed by atoms with Gasteiger partial charge in [-0.3, -0.25) is 29.9 Å². The van der Waals surface area contributed by atoms with Gasteiger partial charge in [-0.25, -0.2) is 42.3 Å². The fourth-order valence-corrected chi connectivity index (χ4v) is 6.90. The van der Waals surface area contributed by atoms with Crippen molar-refractivity contribution < 1.29 is 77.2 Å². The topological polar surface area (TPSA) is 290 Å². The van der Waals surface area contributed by atoms with Crippen LogP contribution in [0.2, 0.25) is 0 Å². The van der Waals surface area contributed by atoms with Crippen molar-refractivity contribution in [3.63, 3.8) is 0 Å². The van der Waals surface area contributed by atoms with E-state index in [0.29, 0.717) is 0 Å². The molecule has 0 spiro atoms. The van der Waals surface area contributed by atoms with Crippen LogP contribution in [0.3, 0.4) is 0 Å². The van der Waals surface area contributed by atoms with Gasteiger partial charge < -0.3 is 4.98 Å². The van der Waals surface area contributed by atoms with Crippen LogP contribution < -0.4 is 37.3 Å². The van der Waals surface area contributed by atoms with Crippen molar-refractivity contribution in [1.82, 2.24) is 39.9 Å². The first-order valence-electron chi connectivity index (χ1n) is 17.3. The zero-order chi connectivity index (χ0) is 42.3. The molecule has 0 aliphatic rings. The molecule has 0 amide bonds. The molecule has 11 aromatic rings. The van der Waals surface area contributed by atoms with Crippen LogP contribution >= 0.6 is 11.3 Å². The fourth-order valence-electron chi connectivity index (χ4n) is 6.23. The van der Waals surface area contributed by atoms with Gasteiger partial charge in [-0.15, -0.1) is 31.8 Å². The van der Waals surface area contributed by atoms with E-state index in [0.717, 1.165) is 87.2 Å². The van der Waals surface area contributed by atoms with Crippen LogP contribution in [0.4, 0.5) is 0 Å². The molecule has 0 saturated carbocycles. The van der Waals surface area contributed by atoms with Gasteiger partial charge in [-0.1, -0.05) is 54.6 Å². The van der Waals surface area contributed by atoms with Crippen LogP contribution in [0.25, 0.3) is 87.2 Å². The molecule has 0 unspecified atom stereocenters. The molecule has 0 fully saturated rings. The number of halogens is 2. The zero-order valence-electron chi connectivity index (χ0n) is 30.8. The van der Waals surface area contributed by atoms with Crippen molar-refractivity contribution in [3.05, 3.63) is 152 Å². The Bertz CT molecular complexity index is 2890. The average molecular weight is 963 g/mol.